The number of carbonyl (C=O) groups excluding carboxylic acids is 2. The summed E-state index contributed by atoms with van der Waals surface area (Å²) in [5, 5.41) is 15.6. The van der Waals surface area contributed by atoms with E-state index in [2.05, 4.69) is 43.3 Å². The lowest BCUT2D eigenvalue weighted by atomic mass is 10.0. The molecule has 1 heterocycles. The zero-order valence-corrected chi connectivity index (χ0v) is 23.3. The second kappa shape index (κ2) is 12.9. The average Bonchev–Trinajstić information content (AvgIpc) is 3.25. The Labute approximate surface area is 228 Å². The summed E-state index contributed by atoms with van der Waals surface area (Å²) in [5.74, 6) is 0.977. The molecule has 8 nitrogen and oxygen atoms in total. The Morgan fingerprint density at radius 2 is 1.94 bits per heavy atom. The van der Waals surface area contributed by atoms with Crippen LogP contribution in [-0.2, 0) is 11.3 Å². The predicted molar refractivity (Wildman–Crippen MR) is 147 cm³/mol. The van der Waals surface area contributed by atoms with Crippen LogP contribution in [0.5, 0.6) is 5.75 Å². The van der Waals surface area contributed by atoms with Gasteiger partial charge >= 0.3 is 0 Å². The Hall–Kier alpha value is -2.82. The maximum absolute atomic E-state index is 12.9. The minimum absolute atomic E-state index is 0.0308. The molecule has 0 aliphatic rings. The van der Waals surface area contributed by atoms with Gasteiger partial charge in [0.15, 0.2) is 11.0 Å². The second-order valence-electron chi connectivity index (χ2n) is 8.13. The van der Waals surface area contributed by atoms with Crippen LogP contribution in [0.3, 0.4) is 0 Å². The summed E-state index contributed by atoms with van der Waals surface area (Å²) in [7, 11) is 1.58. The Bertz CT molecular complexity index is 1230. The number of benzene rings is 2. The molecular formula is C25H27BrClN5O3S. The van der Waals surface area contributed by atoms with Crippen LogP contribution in [0.15, 0.2) is 64.7 Å². The molecule has 3 rings (SSSR count). The highest BCUT2D eigenvalue weighted by molar-refractivity contribution is 9.10. The second-order valence-corrected chi connectivity index (χ2v) is 10.3. The van der Waals surface area contributed by atoms with Crippen LogP contribution >= 0.6 is 39.3 Å². The number of halogens is 2. The predicted octanol–water partition coefficient (Wildman–Crippen LogP) is 5.75. The van der Waals surface area contributed by atoms with Gasteiger partial charge in [0.1, 0.15) is 5.75 Å². The Balaban J connectivity index is 1.74. The molecule has 1 aromatic heterocycles. The van der Waals surface area contributed by atoms with Crippen molar-refractivity contribution in [2.75, 3.05) is 18.2 Å². The van der Waals surface area contributed by atoms with Crippen LogP contribution < -0.4 is 15.4 Å². The van der Waals surface area contributed by atoms with Crippen LogP contribution in [-0.4, -0.2) is 39.4 Å². The van der Waals surface area contributed by atoms with E-state index in [-0.39, 0.29) is 23.5 Å². The van der Waals surface area contributed by atoms with Crippen LogP contribution in [0.4, 0.5) is 5.69 Å². The van der Waals surface area contributed by atoms with Crippen molar-refractivity contribution < 1.29 is 14.3 Å². The third-order valence-corrected chi connectivity index (χ3v) is 7.38. The van der Waals surface area contributed by atoms with Crippen molar-refractivity contribution in [1.29, 1.82) is 0 Å². The largest absolute Gasteiger partial charge is 0.497 e. The van der Waals surface area contributed by atoms with Gasteiger partial charge in [-0.3, -0.25) is 9.59 Å². The number of aromatic nitrogens is 3. The molecule has 190 valence electrons. The van der Waals surface area contributed by atoms with E-state index in [9.17, 15) is 9.59 Å². The lowest BCUT2D eigenvalue weighted by Crippen LogP contribution is -2.33. The monoisotopic (exact) mass is 591 g/mol. The van der Waals surface area contributed by atoms with Gasteiger partial charge in [0.2, 0.25) is 5.91 Å². The molecule has 2 aromatic carbocycles. The Morgan fingerprint density at radius 3 is 2.56 bits per heavy atom. The zero-order valence-electron chi connectivity index (χ0n) is 20.1. The van der Waals surface area contributed by atoms with E-state index in [4.69, 9.17) is 16.3 Å². The highest BCUT2D eigenvalue weighted by atomic mass is 79.9. The summed E-state index contributed by atoms with van der Waals surface area (Å²) in [4.78, 5) is 25.5. The molecule has 0 fully saturated rings. The van der Waals surface area contributed by atoms with Crippen LogP contribution in [0.25, 0.3) is 0 Å². The minimum Gasteiger partial charge on any atom is -0.497 e. The minimum atomic E-state index is -0.403. The number of thioether (sulfide) groups is 1. The summed E-state index contributed by atoms with van der Waals surface area (Å²) in [6, 6.07) is 11.7. The first-order chi connectivity index (χ1) is 17.2. The molecule has 0 spiro atoms. The number of allylic oxidation sites excluding steroid dienone is 1. The summed E-state index contributed by atoms with van der Waals surface area (Å²) in [6.45, 7) is 8.25. The van der Waals surface area contributed by atoms with Gasteiger partial charge in [0.25, 0.3) is 5.91 Å². The molecule has 0 radical (unpaired) electrons. The van der Waals surface area contributed by atoms with Crippen molar-refractivity contribution in [1.82, 2.24) is 20.1 Å². The summed E-state index contributed by atoms with van der Waals surface area (Å²) < 4.78 is 7.78. The summed E-state index contributed by atoms with van der Waals surface area (Å²) in [5.41, 5.74) is 1.11. The van der Waals surface area contributed by atoms with Crippen LogP contribution in [0.2, 0.25) is 5.02 Å². The van der Waals surface area contributed by atoms with E-state index in [1.807, 2.05) is 18.4 Å². The topological polar surface area (TPSA) is 98.1 Å². The van der Waals surface area contributed by atoms with Crippen molar-refractivity contribution >= 4 is 56.8 Å². The number of carbonyl (C=O) groups is 2. The zero-order chi connectivity index (χ0) is 26.2. The maximum atomic E-state index is 12.9. The molecular weight excluding hydrogens is 566 g/mol. The Kier molecular flexibility index (Phi) is 9.98. The smallest absolute Gasteiger partial charge is 0.251 e. The van der Waals surface area contributed by atoms with E-state index in [1.54, 1.807) is 55.7 Å². The van der Waals surface area contributed by atoms with Crippen molar-refractivity contribution in [2.45, 2.75) is 31.6 Å². The molecule has 1 atom stereocenters. The summed E-state index contributed by atoms with van der Waals surface area (Å²) in [6.07, 6.45) is 1.73. The number of ether oxygens (including phenoxy) is 1. The first-order valence-corrected chi connectivity index (χ1v) is 13.3. The van der Waals surface area contributed by atoms with E-state index < -0.39 is 6.04 Å². The fourth-order valence-electron chi connectivity index (χ4n) is 3.33. The number of rotatable bonds is 11. The number of amides is 2. The molecule has 0 bridgehead atoms. The molecule has 2 N–H and O–H groups in total. The fraction of sp³-hybridized carbons (Fsp3) is 0.280. The van der Waals surface area contributed by atoms with Gasteiger partial charge in [-0.05, 0) is 64.3 Å². The van der Waals surface area contributed by atoms with E-state index >= 15 is 0 Å². The highest BCUT2D eigenvalue weighted by Crippen LogP contribution is 2.27. The van der Waals surface area contributed by atoms with Crippen LogP contribution in [0.1, 0.15) is 36.1 Å². The van der Waals surface area contributed by atoms with E-state index in [0.717, 1.165) is 4.47 Å². The average molecular weight is 593 g/mol. The normalized spacial score (nSPS) is 11.7. The van der Waals surface area contributed by atoms with Crippen molar-refractivity contribution in [3.63, 3.8) is 0 Å². The van der Waals surface area contributed by atoms with Crippen molar-refractivity contribution in [3.05, 3.63) is 76.0 Å². The molecule has 0 aliphatic carbocycles. The van der Waals surface area contributed by atoms with Gasteiger partial charge < -0.3 is 19.9 Å². The molecule has 2 amide bonds. The lowest BCUT2D eigenvalue weighted by molar-refractivity contribution is -0.113. The molecule has 0 unspecified atom stereocenters. The number of hydrogen-bond acceptors (Lipinski definition) is 6. The molecule has 11 heteroatoms. The molecule has 3 aromatic rings. The van der Waals surface area contributed by atoms with Gasteiger partial charge in [0, 0.05) is 22.3 Å². The quantitative estimate of drug-likeness (QED) is 0.217. The number of nitrogens with zero attached hydrogens (tertiary/aromatic N) is 3. The highest BCUT2D eigenvalue weighted by Gasteiger charge is 2.26. The van der Waals surface area contributed by atoms with Crippen molar-refractivity contribution in [2.24, 2.45) is 5.92 Å². The molecule has 36 heavy (non-hydrogen) atoms. The number of methoxy groups -OCH3 is 1. The summed E-state index contributed by atoms with van der Waals surface area (Å²) >= 11 is 10.7. The number of hydrogen-bond donors (Lipinski definition) is 2. The lowest BCUT2D eigenvalue weighted by Gasteiger charge is -2.22. The SMILES string of the molecule is C=CCn1c(SCC(=O)Nc2ccc(Br)c(Cl)c2)nnc1[C@H](NC(=O)c1ccc(OC)cc1)C(C)C. The van der Waals surface area contributed by atoms with Crippen molar-refractivity contribution in [3.8, 4) is 5.75 Å². The third-order valence-electron chi connectivity index (χ3n) is 5.18. The molecule has 0 saturated heterocycles. The van der Waals surface area contributed by atoms with E-state index in [1.165, 1.54) is 11.8 Å². The van der Waals surface area contributed by atoms with E-state index in [0.29, 0.717) is 39.5 Å². The van der Waals surface area contributed by atoms with Gasteiger partial charge in [0.05, 0.1) is 23.9 Å². The van der Waals surface area contributed by atoms with Gasteiger partial charge in [-0.15, -0.1) is 16.8 Å². The first-order valence-electron chi connectivity index (χ1n) is 11.1. The number of nitrogens with one attached hydrogen (secondary N) is 2. The van der Waals surface area contributed by atoms with Crippen LogP contribution in [0, 0.1) is 5.92 Å². The first kappa shape index (κ1) is 27.8. The Morgan fingerprint density at radius 1 is 1.22 bits per heavy atom. The fourth-order valence-corrected chi connectivity index (χ4v) is 4.52. The van der Waals surface area contributed by atoms with Gasteiger partial charge in [-0.2, -0.15) is 0 Å². The number of anilines is 1. The molecule has 0 aliphatic heterocycles. The molecule has 0 saturated carbocycles. The maximum Gasteiger partial charge on any atom is 0.251 e. The van der Waals surface area contributed by atoms with Gasteiger partial charge in [-0.1, -0.05) is 43.3 Å². The third kappa shape index (κ3) is 7.11. The standard InChI is InChI=1S/C25H27BrClN5O3S/c1-5-12-32-23(22(15(2)3)29-24(34)16-6-9-18(35-4)10-7-16)30-31-25(32)36-14-21(33)28-17-8-11-19(26)20(27)13-17/h5-11,13,15,22H,1,12,14H2,2-4H3,(H,28,33)(H,29,34)/t22-/m1/s1. The van der Waals surface area contributed by atoms with Gasteiger partial charge in [-0.25, -0.2) is 0 Å².